The van der Waals surface area contributed by atoms with Crippen LogP contribution < -0.4 is 5.31 Å². The Morgan fingerprint density at radius 1 is 1.42 bits per heavy atom. The summed E-state index contributed by atoms with van der Waals surface area (Å²) in [7, 11) is 1.63. The molecule has 9 heteroatoms. The third-order valence-electron chi connectivity index (χ3n) is 7.68. The van der Waals surface area contributed by atoms with Crippen molar-refractivity contribution in [3.05, 3.63) is 29.1 Å². The predicted octanol–water partition coefficient (Wildman–Crippen LogP) is 3.57. The third kappa shape index (κ3) is 4.91. The van der Waals surface area contributed by atoms with Crippen molar-refractivity contribution in [2.75, 3.05) is 26.9 Å². The number of nitrogens with zero attached hydrogens (tertiary/aromatic N) is 2. The van der Waals surface area contributed by atoms with E-state index in [2.05, 4.69) is 4.98 Å². The molecular weight excluding hydrogens is 435 g/mol. The first-order valence-electron chi connectivity index (χ1n) is 12.2. The van der Waals surface area contributed by atoms with E-state index in [9.17, 15) is 18.0 Å². The van der Waals surface area contributed by atoms with E-state index >= 15 is 0 Å². The average molecular weight is 471 g/mol. The van der Waals surface area contributed by atoms with Crippen molar-refractivity contribution in [2.45, 2.75) is 76.9 Å². The number of carbonyl (C=O) groups excluding carboxylic acids is 1. The maximum absolute atomic E-state index is 13.9. The Morgan fingerprint density at radius 3 is 2.91 bits per heavy atom. The van der Waals surface area contributed by atoms with Gasteiger partial charge in [0, 0.05) is 57.2 Å². The Hall–Kier alpha value is -1.71. The molecule has 1 unspecified atom stereocenters. The Bertz CT molecular complexity index is 900. The molecule has 184 valence electrons. The van der Waals surface area contributed by atoms with E-state index in [0.29, 0.717) is 56.7 Å². The number of nitrogens with one attached hydrogen (secondary N) is 1. The zero-order chi connectivity index (χ0) is 24.7. The fourth-order valence-electron chi connectivity index (χ4n) is 5.58. The van der Waals surface area contributed by atoms with Crippen molar-refractivity contribution >= 4 is 5.91 Å². The summed E-state index contributed by atoms with van der Waals surface area (Å²) in [4.78, 5) is 19.6. The van der Waals surface area contributed by atoms with Crippen molar-refractivity contribution in [1.29, 1.82) is 0 Å². The minimum atomic E-state index is -4.46. The van der Waals surface area contributed by atoms with Gasteiger partial charge in [-0.05, 0) is 43.2 Å². The van der Waals surface area contributed by atoms with Gasteiger partial charge in [-0.2, -0.15) is 13.2 Å². The number of rotatable bonds is 5. The number of fused-ring (bicyclic) bond motifs is 1. The molecule has 33 heavy (non-hydrogen) atoms. The summed E-state index contributed by atoms with van der Waals surface area (Å²) in [5, 5.41) is 1.62. The van der Waals surface area contributed by atoms with Crippen molar-refractivity contribution in [1.82, 2.24) is 15.2 Å². The summed E-state index contributed by atoms with van der Waals surface area (Å²) in [6.07, 6.45) is -0.666. The normalized spacial score (nSPS) is 31.1. The number of hydrogen-bond donors (Lipinski definition) is 1. The molecule has 1 aliphatic carbocycles. The molecule has 1 saturated heterocycles. The fourth-order valence-corrected chi connectivity index (χ4v) is 5.58. The maximum Gasteiger partial charge on any atom is 0.417 e. The second-order valence-electron chi connectivity index (χ2n) is 9.87. The van der Waals surface area contributed by atoms with Gasteiger partial charge in [0.05, 0.1) is 23.7 Å². The lowest BCUT2D eigenvalue weighted by Crippen LogP contribution is -2.52. The second kappa shape index (κ2) is 9.50. The lowest BCUT2D eigenvalue weighted by atomic mass is 9.74. The highest BCUT2D eigenvalue weighted by Crippen LogP contribution is 2.47. The number of halogens is 3. The molecule has 6 nitrogen and oxygen atoms in total. The van der Waals surface area contributed by atoms with Crippen LogP contribution in [0, 0.1) is 11.3 Å². The first-order valence-corrected chi connectivity index (χ1v) is 11.8. The van der Waals surface area contributed by atoms with Crippen molar-refractivity contribution in [3.63, 3.8) is 0 Å². The monoisotopic (exact) mass is 470 g/mol. The van der Waals surface area contributed by atoms with E-state index in [1.807, 2.05) is 13.8 Å². The van der Waals surface area contributed by atoms with Crippen molar-refractivity contribution < 1.29 is 28.9 Å². The molecule has 2 fully saturated rings. The topological polar surface area (TPSA) is 63.7 Å². The number of methoxy groups -OCH3 is 1. The number of carbonyl (C=O) groups is 1. The molecule has 3 heterocycles. The molecule has 1 aromatic heterocycles. The number of hydrogen-bond acceptors (Lipinski definition) is 5. The van der Waals surface area contributed by atoms with Crippen LogP contribution in [-0.2, 0) is 33.4 Å². The highest BCUT2D eigenvalue weighted by Gasteiger charge is 2.50. The predicted molar refractivity (Wildman–Crippen MR) is 116 cm³/mol. The highest BCUT2D eigenvalue weighted by atomic mass is 19.4. The second-order valence-corrected chi connectivity index (χ2v) is 9.87. The lowest BCUT2D eigenvalue weighted by Gasteiger charge is -2.40. The molecule has 0 bridgehead atoms. The van der Waals surface area contributed by atoms with E-state index in [-0.39, 0.29) is 36.6 Å². The highest BCUT2D eigenvalue weighted by molar-refractivity contribution is 5.83. The Balaban J connectivity index is 1.51. The van der Waals surface area contributed by atoms with Gasteiger partial charge in [-0.15, -0.1) is 0 Å². The van der Waals surface area contributed by atoms with Crippen LogP contribution >= 0.6 is 0 Å². The van der Waals surface area contributed by atoms with Crippen LogP contribution in [0.5, 0.6) is 0 Å². The number of ether oxygens (including phenoxy) is 2. The van der Waals surface area contributed by atoms with E-state index in [1.165, 1.54) is 0 Å². The van der Waals surface area contributed by atoms with Gasteiger partial charge in [0.1, 0.15) is 1.41 Å². The summed E-state index contributed by atoms with van der Waals surface area (Å²) in [5.41, 5.74) is -0.323. The molecular formula is C24H34F3N3O3. The average Bonchev–Trinajstić information content (AvgIpc) is 3.28. The number of alkyl halides is 3. The molecule has 1 aromatic rings. The van der Waals surface area contributed by atoms with E-state index in [0.717, 1.165) is 18.7 Å². The van der Waals surface area contributed by atoms with Gasteiger partial charge in [0.25, 0.3) is 0 Å². The Labute approximate surface area is 194 Å². The van der Waals surface area contributed by atoms with E-state index in [1.54, 1.807) is 17.3 Å². The molecule has 4 atom stereocenters. The summed E-state index contributed by atoms with van der Waals surface area (Å²) in [6.45, 7) is 5.69. The third-order valence-corrected chi connectivity index (χ3v) is 7.68. The summed E-state index contributed by atoms with van der Waals surface area (Å²) < 4.78 is 59.5. The van der Waals surface area contributed by atoms with Gasteiger partial charge >= 0.3 is 6.18 Å². The van der Waals surface area contributed by atoms with Crippen LogP contribution in [0.25, 0.3) is 0 Å². The molecule has 0 radical (unpaired) electrons. The zero-order valence-corrected chi connectivity index (χ0v) is 19.5. The molecule has 1 saturated carbocycles. The van der Waals surface area contributed by atoms with Gasteiger partial charge in [-0.25, -0.2) is 0 Å². The zero-order valence-electron chi connectivity index (χ0n) is 20.5. The molecule has 4 rings (SSSR count). The van der Waals surface area contributed by atoms with Crippen LogP contribution in [-0.4, -0.2) is 60.8 Å². The Morgan fingerprint density at radius 2 is 2.21 bits per heavy atom. The summed E-state index contributed by atoms with van der Waals surface area (Å²) >= 11 is 0. The summed E-state index contributed by atoms with van der Waals surface area (Å²) in [6, 6.07) is 0.960. The summed E-state index contributed by atoms with van der Waals surface area (Å²) in [5.74, 6) is 0.0315. The van der Waals surface area contributed by atoms with Crippen LogP contribution in [0.3, 0.4) is 0 Å². The molecule has 0 spiro atoms. The first-order chi connectivity index (χ1) is 16.1. The van der Waals surface area contributed by atoms with Gasteiger partial charge in [0.2, 0.25) is 5.91 Å². The first kappa shape index (κ1) is 23.1. The SMILES string of the molecule is [2H]N(C1CCOC[C@H]1OC)[C@@H]1CC[C@@](C(=O)N2CCc3ncc(C(F)(F)F)cc3C2)(C(C)C)C1. The minimum Gasteiger partial charge on any atom is -0.379 e. The minimum absolute atomic E-state index is 0.0169. The largest absolute Gasteiger partial charge is 0.417 e. The van der Waals surface area contributed by atoms with Crippen LogP contribution in [0.2, 0.25) is 1.41 Å². The van der Waals surface area contributed by atoms with E-state index < -0.39 is 17.2 Å². The fraction of sp³-hybridized carbons (Fsp3) is 0.750. The van der Waals surface area contributed by atoms with Crippen LogP contribution in [0.15, 0.2) is 12.3 Å². The number of pyridine rings is 1. The smallest absolute Gasteiger partial charge is 0.379 e. The molecule has 2 aliphatic heterocycles. The molecule has 0 aromatic carbocycles. The molecule has 3 aliphatic rings. The van der Waals surface area contributed by atoms with Crippen molar-refractivity contribution in [2.24, 2.45) is 11.3 Å². The van der Waals surface area contributed by atoms with Gasteiger partial charge < -0.3 is 19.7 Å². The Kier molecular flexibility index (Phi) is 6.64. The maximum atomic E-state index is 13.9. The quantitative estimate of drug-likeness (QED) is 0.713. The number of aromatic nitrogens is 1. The van der Waals surface area contributed by atoms with Crippen molar-refractivity contribution in [3.8, 4) is 0 Å². The number of amides is 1. The lowest BCUT2D eigenvalue weighted by molar-refractivity contribution is -0.146. The van der Waals surface area contributed by atoms with Gasteiger partial charge in [0.15, 0.2) is 0 Å². The molecule has 1 N–H and O–H groups in total. The van der Waals surface area contributed by atoms with Crippen LogP contribution in [0.1, 0.15) is 56.4 Å². The van der Waals surface area contributed by atoms with Crippen LogP contribution in [0.4, 0.5) is 13.2 Å². The van der Waals surface area contributed by atoms with E-state index in [4.69, 9.17) is 10.9 Å². The van der Waals surface area contributed by atoms with Gasteiger partial charge in [-0.1, -0.05) is 13.8 Å². The molecule has 1 amide bonds. The standard InChI is InChI=1S/C24H34F3N3O3/c1-15(2)23(7-4-18(11-23)29-20-6-9-33-14-21(20)32-3)22(31)30-8-5-19-16(13-30)10-17(12-28-19)24(25,26)27/h10,12,15,18,20-21,29H,4-9,11,13-14H2,1-3H3/t18-,20?,21-,23+/m1/s1/i/hD. The van der Waals surface area contributed by atoms with Gasteiger partial charge in [-0.3, -0.25) is 9.78 Å².